The summed E-state index contributed by atoms with van der Waals surface area (Å²) >= 11 is 0. The fraction of sp³-hybridized carbons (Fsp3) is 0.211. The monoisotopic (exact) mass is 346 g/mol. The standard InChI is InChI=1S/C19H18N6O/c1-2-6-16-15(5-1)21-19(26-16)24-13-11-23(12-14-24)17-7-3-8-18(22-17)25-10-4-9-20-25/h1-10H,11-14H2. The fourth-order valence-corrected chi connectivity index (χ4v) is 3.24. The first kappa shape index (κ1) is 14.9. The van der Waals surface area contributed by atoms with Crippen molar-refractivity contribution in [3.05, 3.63) is 60.9 Å². The molecule has 0 atom stereocenters. The third-order valence-corrected chi connectivity index (χ3v) is 4.62. The molecule has 0 aliphatic carbocycles. The third-order valence-electron chi connectivity index (χ3n) is 4.62. The van der Waals surface area contributed by atoms with E-state index in [0.717, 1.165) is 48.9 Å². The van der Waals surface area contributed by atoms with Crippen LogP contribution in [0.25, 0.3) is 16.9 Å². The second-order valence-corrected chi connectivity index (χ2v) is 6.24. The highest BCUT2D eigenvalue weighted by Gasteiger charge is 2.22. The molecule has 0 radical (unpaired) electrons. The van der Waals surface area contributed by atoms with Crippen LogP contribution in [0.1, 0.15) is 0 Å². The summed E-state index contributed by atoms with van der Waals surface area (Å²) in [6.45, 7) is 3.43. The van der Waals surface area contributed by atoms with E-state index in [1.165, 1.54) is 0 Å². The molecule has 3 aromatic heterocycles. The molecule has 1 aliphatic heterocycles. The van der Waals surface area contributed by atoms with Gasteiger partial charge in [-0.2, -0.15) is 10.1 Å². The number of oxazole rings is 1. The maximum Gasteiger partial charge on any atom is 0.298 e. The van der Waals surface area contributed by atoms with Crippen molar-refractivity contribution in [2.45, 2.75) is 0 Å². The van der Waals surface area contributed by atoms with Gasteiger partial charge < -0.3 is 14.2 Å². The summed E-state index contributed by atoms with van der Waals surface area (Å²) in [7, 11) is 0. The minimum Gasteiger partial charge on any atom is -0.423 e. The molecule has 1 fully saturated rings. The van der Waals surface area contributed by atoms with Gasteiger partial charge in [0, 0.05) is 38.6 Å². The molecule has 4 heterocycles. The molecule has 1 aliphatic rings. The van der Waals surface area contributed by atoms with Crippen LogP contribution in [0.5, 0.6) is 0 Å². The smallest absolute Gasteiger partial charge is 0.298 e. The Kier molecular flexibility index (Phi) is 3.55. The summed E-state index contributed by atoms with van der Waals surface area (Å²) in [5.74, 6) is 1.80. The van der Waals surface area contributed by atoms with Crippen molar-refractivity contribution in [3.63, 3.8) is 0 Å². The first-order chi connectivity index (χ1) is 12.9. The Labute approximate surface area is 150 Å². The highest BCUT2D eigenvalue weighted by atomic mass is 16.4. The highest BCUT2D eigenvalue weighted by Crippen LogP contribution is 2.23. The van der Waals surface area contributed by atoms with Crippen LogP contribution in [-0.4, -0.2) is 45.9 Å². The van der Waals surface area contributed by atoms with Crippen LogP contribution in [-0.2, 0) is 0 Å². The maximum atomic E-state index is 5.89. The lowest BCUT2D eigenvalue weighted by molar-refractivity contribution is 0.540. The molecule has 1 aromatic carbocycles. The van der Waals surface area contributed by atoms with Crippen molar-refractivity contribution in [2.75, 3.05) is 36.0 Å². The van der Waals surface area contributed by atoms with Crippen LogP contribution in [0.2, 0.25) is 0 Å². The number of pyridine rings is 1. The molecule has 1 saturated heterocycles. The zero-order valence-electron chi connectivity index (χ0n) is 14.2. The molecular formula is C19H18N6O. The number of anilines is 2. The van der Waals surface area contributed by atoms with Crippen molar-refractivity contribution in [3.8, 4) is 5.82 Å². The number of aromatic nitrogens is 4. The summed E-state index contributed by atoms with van der Waals surface area (Å²) in [5.41, 5.74) is 1.73. The van der Waals surface area contributed by atoms with Crippen LogP contribution >= 0.6 is 0 Å². The van der Waals surface area contributed by atoms with E-state index in [4.69, 9.17) is 9.40 Å². The van der Waals surface area contributed by atoms with Gasteiger partial charge in [0.2, 0.25) is 0 Å². The molecule has 0 spiro atoms. The van der Waals surface area contributed by atoms with Crippen molar-refractivity contribution < 1.29 is 4.42 Å². The average molecular weight is 346 g/mol. The van der Waals surface area contributed by atoms with Crippen molar-refractivity contribution in [1.29, 1.82) is 0 Å². The first-order valence-corrected chi connectivity index (χ1v) is 8.69. The number of para-hydroxylation sites is 2. The van der Waals surface area contributed by atoms with Gasteiger partial charge in [-0.3, -0.25) is 0 Å². The Balaban J connectivity index is 1.32. The van der Waals surface area contributed by atoms with Gasteiger partial charge in [0.1, 0.15) is 11.3 Å². The first-order valence-electron chi connectivity index (χ1n) is 8.69. The second kappa shape index (κ2) is 6.18. The van der Waals surface area contributed by atoms with Crippen LogP contribution in [0.3, 0.4) is 0 Å². The van der Waals surface area contributed by atoms with Crippen molar-refractivity contribution in [2.24, 2.45) is 0 Å². The molecule has 7 heteroatoms. The molecule has 0 saturated carbocycles. The average Bonchev–Trinajstić information content (AvgIpc) is 3.38. The number of piperazine rings is 1. The zero-order valence-corrected chi connectivity index (χ0v) is 14.2. The SMILES string of the molecule is c1cc(N2CCN(c3nc4ccccc4o3)CC2)nc(-n2cccn2)c1. The van der Waals surface area contributed by atoms with Crippen LogP contribution in [0.15, 0.2) is 65.3 Å². The Bertz CT molecular complexity index is 984. The lowest BCUT2D eigenvalue weighted by Gasteiger charge is -2.34. The van der Waals surface area contributed by atoms with Gasteiger partial charge in [-0.05, 0) is 30.3 Å². The third kappa shape index (κ3) is 2.67. The number of hydrogen-bond donors (Lipinski definition) is 0. The van der Waals surface area contributed by atoms with Gasteiger partial charge >= 0.3 is 0 Å². The topological polar surface area (TPSA) is 63.2 Å². The minimum atomic E-state index is 0.698. The van der Waals surface area contributed by atoms with E-state index < -0.39 is 0 Å². The number of rotatable bonds is 3. The summed E-state index contributed by atoms with van der Waals surface area (Å²) in [6, 6.07) is 16.5. The van der Waals surface area contributed by atoms with Gasteiger partial charge in [0.25, 0.3) is 6.01 Å². The molecule has 0 amide bonds. The van der Waals surface area contributed by atoms with E-state index in [0.29, 0.717) is 6.01 Å². The van der Waals surface area contributed by atoms with E-state index in [2.05, 4.69) is 19.9 Å². The zero-order chi connectivity index (χ0) is 17.3. The molecule has 130 valence electrons. The molecule has 7 nitrogen and oxygen atoms in total. The highest BCUT2D eigenvalue weighted by molar-refractivity contribution is 5.74. The van der Waals surface area contributed by atoms with Gasteiger partial charge in [-0.25, -0.2) is 9.67 Å². The quantitative estimate of drug-likeness (QED) is 0.568. The van der Waals surface area contributed by atoms with E-state index in [1.54, 1.807) is 10.9 Å². The number of benzene rings is 1. The largest absolute Gasteiger partial charge is 0.423 e. The molecule has 0 unspecified atom stereocenters. The number of hydrogen-bond acceptors (Lipinski definition) is 6. The lowest BCUT2D eigenvalue weighted by atomic mass is 10.3. The van der Waals surface area contributed by atoms with Gasteiger partial charge in [-0.15, -0.1) is 0 Å². The number of fused-ring (bicyclic) bond motifs is 1. The van der Waals surface area contributed by atoms with Crippen LogP contribution < -0.4 is 9.80 Å². The van der Waals surface area contributed by atoms with E-state index in [-0.39, 0.29) is 0 Å². The minimum absolute atomic E-state index is 0.698. The fourth-order valence-electron chi connectivity index (χ4n) is 3.24. The predicted molar refractivity (Wildman–Crippen MR) is 99.8 cm³/mol. The summed E-state index contributed by atoms with van der Waals surface area (Å²) < 4.78 is 7.66. The van der Waals surface area contributed by atoms with E-state index in [9.17, 15) is 0 Å². The van der Waals surface area contributed by atoms with Crippen LogP contribution in [0.4, 0.5) is 11.8 Å². The summed E-state index contributed by atoms with van der Waals surface area (Å²) in [6.07, 6.45) is 3.66. The second-order valence-electron chi connectivity index (χ2n) is 6.24. The molecule has 0 N–H and O–H groups in total. The van der Waals surface area contributed by atoms with E-state index >= 15 is 0 Å². The molecule has 5 rings (SSSR count). The summed E-state index contributed by atoms with van der Waals surface area (Å²) in [4.78, 5) is 13.8. The normalized spacial score (nSPS) is 14.9. The van der Waals surface area contributed by atoms with Crippen LogP contribution in [0, 0.1) is 0 Å². The van der Waals surface area contributed by atoms with Crippen molar-refractivity contribution >= 4 is 22.9 Å². The Hall–Kier alpha value is -3.35. The Morgan fingerprint density at radius 2 is 1.58 bits per heavy atom. The lowest BCUT2D eigenvalue weighted by Crippen LogP contribution is -2.47. The number of nitrogens with zero attached hydrogens (tertiary/aromatic N) is 6. The molecule has 4 aromatic rings. The Morgan fingerprint density at radius 3 is 2.38 bits per heavy atom. The molecule has 26 heavy (non-hydrogen) atoms. The summed E-state index contributed by atoms with van der Waals surface area (Å²) in [5, 5.41) is 4.25. The van der Waals surface area contributed by atoms with Gasteiger partial charge in [0.15, 0.2) is 11.4 Å². The van der Waals surface area contributed by atoms with E-state index in [1.807, 2.05) is 54.7 Å². The Morgan fingerprint density at radius 1 is 0.769 bits per heavy atom. The molecular weight excluding hydrogens is 328 g/mol. The predicted octanol–water partition coefficient (Wildman–Crippen LogP) is 2.74. The maximum absolute atomic E-state index is 5.89. The molecule has 0 bridgehead atoms. The van der Waals surface area contributed by atoms with Gasteiger partial charge in [-0.1, -0.05) is 18.2 Å². The van der Waals surface area contributed by atoms with Gasteiger partial charge in [0.05, 0.1) is 0 Å². The van der Waals surface area contributed by atoms with Crippen molar-refractivity contribution in [1.82, 2.24) is 19.7 Å².